The van der Waals surface area contributed by atoms with Crippen LogP contribution in [0.5, 0.6) is 11.9 Å². The first kappa shape index (κ1) is 19.1. The average Bonchev–Trinajstić information content (AvgIpc) is 3.54. The Hall–Kier alpha value is -3.27. The van der Waals surface area contributed by atoms with E-state index in [1.807, 2.05) is 0 Å². The number of hydrogen-bond donors (Lipinski definition) is 1. The van der Waals surface area contributed by atoms with Crippen LogP contribution < -0.4 is 14.2 Å². The van der Waals surface area contributed by atoms with Gasteiger partial charge in [-0.1, -0.05) is 6.07 Å². The Labute approximate surface area is 167 Å². The van der Waals surface area contributed by atoms with Gasteiger partial charge in [0.2, 0.25) is 11.8 Å². The molecule has 0 saturated heterocycles. The van der Waals surface area contributed by atoms with Gasteiger partial charge in [0.15, 0.2) is 0 Å². The number of hydrogen-bond acceptors (Lipinski definition) is 8. The first-order chi connectivity index (χ1) is 13.9. The third-order valence-electron chi connectivity index (χ3n) is 4.93. The zero-order valence-corrected chi connectivity index (χ0v) is 16.6. The van der Waals surface area contributed by atoms with Gasteiger partial charge in [-0.05, 0) is 37.1 Å². The maximum absolute atomic E-state index is 13.0. The molecule has 4 rings (SSSR count). The molecule has 1 aliphatic carbocycles. The van der Waals surface area contributed by atoms with E-state index in [1.165, 1.54) is 26.5 Å². The molecule has 1 saturated carbocycles. The number of pyridine rings is 1. The number of ether oxygens (including phenoxy) is 2. The van der Waals surface area contributed by atoms with Gasteiger partial charge in [0.1, 0.15) is 0 Å². The zero-order chi connectivity index (χ0) is 20.6. The summed E-state index contributed by atoms with van der Waals surface area (Å²) in [5.74, 6) is -0.471. The number of nitrogens with one attached hydrogen (secondary N) is 1. The van der Waals surface area contributed by atoms with Crippen molar-refractivity contribution in [2.24, 2.45) is 0 Å². The molecule has 3 aromatic rings. The molecule has 0 unspecified atom stereocenters. The van der Waals surface area contributed by atoms with Crippen LogP contribution in [0.4, 0.5) is 0 Å². The molecule has 0 atom stereocenters. The highest BCUT2D eigenvalue weighted by Crippen LogP contribution is 2.51. The molecular formula is C19H18N4O5S. The number of sulfonamides is 1. The summed E-state index contributed by atoms with van der Waals surface area (Å²) in [5.41, 5.74) is -0.115. The van der Waals surface area contributed by atoms with Gasteiger partial charge in [0.25, 0.3) is 10.0 Å². The van der Waals surface area contributed by atoms with Crippen LogP contribution in [0.25, 0.3) is 10.9 Å². The second-order valence-corrected chi connectivity index (χ2v) is 8.27. The topological polar surface area (TPSA) is 120 Å². The molecule has 1 fully saturated rings. The standard InChI is InChI=1S/C19H18N4O5S/c1-27-16-13(11-21-18(22-16)28-2)19(8-9-19)17(24)23-29(25,26)15-7-3-6-14-12(15)5-4-10-20-14/h3-7,10-11H,8-9H2,1-2H3,(H,23,24). The van der Waals surface area contributed by atoms with Gasteiger partial charge in [-0.2, -0.15) is 4.98 Å². The molecule has 0 spiro atoms. The Balaban J connectivity index is 1.69. The SMILES string of the molecule is COc1ncc(C2(C(=O)NS(=O)(=O)c3cccc4ncccc34)CC2)c(OC)n1. The highest BCUT2D eigenvalue weighted by molar-refractivity contribution is 7.90. The van der Waals surface area contributed by atoms with Gasteiger partial charge in [-0.25, -0.2) is 18.1 Å². The first-order valence-corrected chi connectivity index (χ1v) is 10.3. The third kappa shape index (κ3) is 3.25. The Kier molecular flexibility index (Phi) is 4.58. The second kappa shape index (κ2) is 6.96. The fourth-order valence-electron chi connectivity index (χ4n) is 3.26. The maximum Gasteiger partial charge on any atom is 0.319 e. The van der Waals surface area contributed by atoms with Crippen LogP contribution in [0.15, 0.2) is 47.6 Å². The molecule has 10 heteroatoms. The maximum atomic E-state index is 13.0. The molecule has 29 heavy (non-hydrogen) atoms. The smallest absolute Gasteiger partial charge is 0.319 e. The molecule has 1 aromatic carbocycles. The second-order valence-electron chi connectivity index (χ2n) is 6.62. The fourth-order valence-corrected chi connectivity index (χ4v) is 4.53. The number of amides is 1. The zero-order valence-electron chi connectivity index (χ0n) is 15.7. The number of rotatable bonds is 6. The van der Waals surface area contributed by atoms with E-state index in [2.05, 4.69) is 19.7 Å². The molecule has 0 bridgehead atoms. The quantitative estimate of drug-likeness (QED) is 0.645. The number of aromatic nitrogens is 3. The fraction of sp³-hybridized carbons (Fsp3) is 0.263. The Morgan fingerprint density at radius 2 is 1.90 bits per heavy atom. The van der Waals surface area contributed by atoms with Crippen molar-refractivity contribution in [2.45, 2.75) is 23.2 Å². The first-order valence-electron chi connectivity index (χ1n) is 8.78. The van der Waals surface area contributed by atoms with E-state index in [4.69, 9.17) is 9.47 Å². The minimum atomic E-state index is -4.12. The van der Waals surface area contributed by atoms with Gasteiger partial charge in [-0.15, -0.1) is 0 Å². The largest absolute Gasteiger partial charge is 0.481 e. The van der Waals surface area contributed by atoms with Gasteiger partial charge in [0.05, 0.1) is 30.0 Å². The van der Waals surface area contributed by atoms with Crippen LogP contribution in [0.2, 0.25) is 0 Å². The summed E-state index contributed by atoms with van der Waals surface area (Å²) in [6.07, 6.45) is 3.92. The predicted octanol–water partition coefficient (Wildman–Crippen LogP) is 1.58. The van der Waals surface area contributed by atoms with Gasteiger partial charge in [-0.3, -0.25) is 9.78 Å². The Morgan fingerprint density at radius 3 is 2.59 bits per heavy atom. The van der Waals surface area contributed by atoms with Crippen molar-refractivity contribution in [2.75, 3.05) is 14.2 Å². The van der Waals surface area contributed by atoms with Crippen LogP contribution in [0, 0.1) is 0 Å². The number of methoxy groups -OCH3 is 2. The monoisotopic (exact) mass is 414 g/mol. The molecular weight excluding hydrogens is 396 g/mol. The van der Waals surface area contributed by atoms with Gasteiger partial charge < -0.3 is 9.47 Å². The summed E-state index contributed by atoms with van der Waals surface area (Å²) >= 11 is 0. The lowest BCUT2D eigenvalue weighted by Gasteiger charge is -2.18. The number of benzene rings is 1. The average molecular weight is 414 g/mol. The number of nitrogens with zero attached hydrogens (tertiary/aromatic N) is 3. The Bertz CT molecular complexity index is 1200. The van der Waals surface area contributed by atoms with Crippen molar-refractivity contribution in [3.63, 3.8) is 0 Å². The van der Waals surface area contributed by atoms with E-state index in [1.54, 1.807) is 30.5 Å². The van der Waals surface area contributed by atoms with E-state index < -0.39 is 21.3 Å². The summed E-state index contributed by atoms with van der Waals surface area (Å²) in [7, 11) is -1.28. The molecule has 150 valence electrons. The minimum absolute atomic E-state index is 0.00908. The van der Waals surface area contributed by atoms with Crippen molar-refractivity contribution < 1.29 is 22.7 Å². The van der Waals surface area contributed by atoms with Crippen LogP contribution in [-0.2, 0) is 20.2 Å². The van der Waals surface area contributed by atoms with Crippen molar-refractivity contribution in [3.05, 3.63) is 48.3 Å². The van der Waals surface area contributed by atoms with Gasteiger partial charge >= 0.3 is 6.01 Å². The van der Waals surface area contributed by atoms with Gasteiger partial charge in [0, 0.05) is 23.3 Å². The van der Waals surface area contributed by atoms with Crippen LogP contribution in [0.1, 0.15) is 18.4 Å². The molecule has 9 nitrogen and oxygen atoms in total. The van der Waals surface area contributed by atoms with Crippen LogP contribution in [-0.4, -0.2) is 43.5 Å². The molecule has 0 radical (unpaired) electrons. The molecule has 1 amide bonds. The molecule has 2 heterocycles. The lowest BCUT2D eigenvalue weighted by atomic mass is 9.98. The van der Waals surface area contributed by atoms with E-state index in [9.17, 15) is 13.2 Å². The number of carbonyl (C=O) groups is 1. The lowest BCUT2D eigenvalue weighted by Crippen LogP contribution is -2.39. The summed E-state index contributed by atoms with van der Waals surface area (Å²) in [5, 5.41) is 0.436. The van der Waals surface area contributed by atoms with E-state index >= 15 is 0 Å². The number of fused-ring (bicyclic) bond motifs is 1. The summed E-state index contributed by atoms with van der Waals surface area (Å²) in [6, 6.07) is 8.12. The van der Waals surface area contributed by atoms with Crippen LogP contribution in [0.3, 0.4) is 0 Å². The summed E-state index contributed by atoms with van der Waals surface area (Å²) in [6.45, 7) is 0. The molecule has 2 aromatic heterocycles. The lowest BCUT2D eigenvalue weighted by molar-refractivity contribution is -0.121. The van der Waals surface area contributed by atoms with E-state index in [0.717, 1.165) is 0 Å². The van der Waals surface area contributed by atoms with E-state index in [-0.39, 0.29) is 16.8 Å². The van der Waals surface area contributed by atoms with E-state index in [0.29, 0.717) is 29.3 Å². The summed E-state index contributed by atoms with van der Waals surface area (Å²) < 4.78 is 38.4. The molecule has 1 N–H and O–H groups in total. The predicted molar refractivity (Wildman–Crippen MR) is 103 cm³/mol. The third-order valence-corrected chi connectivity index (χ3v) is 6.32. The van der Waals surface area contributed by atoms with Crippen molar-refractivity contribution >= 4 is 26.8 Å². The highest BCUT2D eigenvalue weighted by Gasteiger charge is 2.55. The Morgan fingerprint density at radius 1 is 1.10 bits per heavy atom. The van der Waals surface area contributed by atoms with Crippen molar-refractivity contribution in [1.29, 1.82) is 0 Å². The van der Waals surface area contributed by atoms with Crippen molar-refractivity contribution in [3.8, 4) is 11.9 Å². The molecule has 0 aliphatic heterocycles. The van der Waals surface area contributed by atoms with Crippen molar-refractivity contribution in [1.82, 2.24) is 19.7 Å². The number of carbonyl (C=O) groups excluding carboxylic acids is 1. The highest BCUT2D eigenvalue weighted by atomic mass is 32.2. The molecule has 1 aliphatic rings. The normalized spacial score (nSPS) is 15.0. The van der Waals surface area contributed by atoms with Crippen LogP contribution >= 0.6 is 0 Å². The summed E-state index contributed by atoms with van der Waals surface area (Å²) in [4.78, 5) is 25.3. The minimum Gasteiger partial charge on any atom is -0.481 e.